The van der Waals surface area contributed by atoms with E-state index < -0.39 is 23.4 Å². The second kappa shape index (κ2) is 10.2. The zero-order valence-electron chi connectivity index (χ0n) is 14.5. The first-order valence-electron chi connectivity index (χ1n) is 7.95. The molecule has 2 aromatic carbocycles. The molecule has 9 heteroatoms. The lowest BCUT2D eigenvalue weighted by Crippen LogP contribution is -2.21. The number of nitrogens with zero attached hydrogens (tertiary/aromatic N) is 1. The predicted molar refractivity (Wildman–Crippen MR) is 101 cm³/mol. The van der Waals surface area contributed by atoms with Crippen molar-refractivity contribution in [2.75, 3.05) is 24.8 Å². The SMILES string of the molecule is COc1ccc([N+](=O)[O-])cc1NC(=O)COC(=O)CCSc1ccccc1. The van der Waals surface area contributed by atoms with E-state index >= 15 is 0 Å². The summed E-state index contributed by atoms with van der Waals surface area (Å²) in [5.41, 5.74) is -0.0617. The van der Waals surface area contributed by atoms with Gasteiger partial charge in [0.1, 0.15) is 5.75 Å². The number of hydrogen-bond donors (Lipinski definition) is 1. The van der Waals surface area contributed by atoms with Gasteiger partial charge >= 0.3 is 5.97 Å². The van der Waals surface area contributed by atoms with Crippen molar-refractivity contribution in [2.24, 2.45) is 0 Å². The summed E-state index contributed by atoms with van der Waals surface area (Å²) in [5.74, 6) is -0.319. The van der Waals surface area contributed by atoms with E-state index in [4.69, 9.17) is 9.47 Å². The van der Waals surface area contributed by atoms with Gasteiger partial charge in [-0.05, 0) is 18.2 Å². The molecule has 0 unspecified atom stereocenters. The van der Waals surface area contributed by atoms with Gasteiger partial charge in [0, 0.05) is 22.8 Å². The van der Waals surface area contributed by atoms with E-state index in [1.165, 1.54) is 37.1 Å². The first kappa shape index (κ1) is 20.2. The van der Waals surface area contributed by atoms with Crippen LogP contribution in [-0.4, -0.2) is 36.3 Å². The van der Waals surface area contributed by atoms with Crippen molar-refractivity contribution < 1.29 is 24.0 Å². The molecule has 2 aromatic rings. The van der Waals surface area contributed by atoms with Gasteiger partial charge in [0.15, 0.2) is 6.61 Å². The molecular weight excluding hydrogens is 372 g/mol. The van der Waals surface area contributed by atoms with Crippen LogP contribution in [0.25, 0.3) is 0 Å². The molecule has 0 aromatic heterocycles. The van der Waals surface area contributed by atoms with Gasteiger partial charge < -0.3 is 14.8 Å². The molecule has 1 N–H and O–H groups in total. The zero-order chi connectivity index (χ0) is 19.6. The van der Waals surface area contributed by atoms with Gasteiger partial charge in [-0.2, -0.15) is 0 Å². The van der Waals surface area contributed by atoms with E-state index in [1.807, 2.05) is 30.3 Å². The number of esters is 1. The number of carbonyl (C=O) groups excluding carboxylic acids is 2. The fraction of sp³-hybridized carbons (Fsp3) is 0.222. The molecule has 0 aliphatic heterocycles. The number of hydrogen-bond acceptors (Lipinski definition) is 7. The van der Waals surface area contributed by atoms with E-state index in [-0.39, 0.29) is 23.5 Å². The van der Waals surface area contributed by atoms with E-state index in [9.17, 15) is 19.7 Å². The van der Waals surface area contributed by atoms with Crippen LogP contribution in [0, 0.1) is 10.1 Å². The van der Waals surface area contributed by atoms with Crippen LogP contribution >= 0.6 is 11.8 Å². The van der Waals surface area contributed by atoms with Gasteiger partial charge in [-0.1, -0.05) is 18.2 Å². The number of methoxy groups -OCH3 is 1. The average molecular weight is 390 g/mol. The molecule has 0 spiro atoms. The van der Waals surface area contributed by atoms with Crippen LogP contribution in [0.5, 0.6) is 5.75 Å². The van der Waals surface area contributed by atoms with E-state index in [1.54, 1.807) is 0 Å². The molecule has 0 aliphatic carbocycles. The molecule has 8 nitrogen and oxygen atoms in total. The van der Waals surface area contributed by atoms with E-state index in [2.05, 4.69) is 5.32 Å². The summed E-state index contributed by atoms with van der Waals surface area (Å²) >= 11 is 1.51. The Bertz CT molecular complexity index is 813. The van der Waals surface area contributed by atoms with Crippen LogP contribution in [0.3, 0.4) is 0 Å². The van der Waals surface area contributed by atoms with Crippen molar-refractivity contribution in [3.63, 3.8) is 0 Å². The summed E-state index contributed by atoms with van der Waals surface area (Å²) < 4.78 is 9.98. The Morgan fingerprint density at radius 3 is 2.59 bits per heavy atom. The highest BCUT2D eigenvalue weighted by molar-refractivity contribution is 7.99. The van der Waals surface area contributed by atoms with Crippen LogP contribution in [-0.2, 0) is 14.3 Å². The van der Waals surface area contributed by atoms with Gasteiger partial charge in [0.25, 0.3) is 11.6 Å². The number of nitrogens with one attached hydrogen (secondary N) is 1. The van der Waals surface area contributed by atoms with E-state index in [0.29, 0.717) is 5.75 Å². The summed E-state index contributed by atoms with van der Waals surface area (Å²) in [6.45, 7) is -0.485. The van der Waals surface area contributed by atoms with Crippen molar-refractivity contribution >= 4 is 35.0 Å². The first-order chi connectivity index (χ1) is 13.0. The molecule has 0 bridgehead atoms. The maximum atomic E-state index is 11.9. The fourth-order valence-electron chi connectivity index (χ4n) is 2.08. The molecule has 0 radical (unpaired) electrons. The van der Waals surface area contributed by atoms with Gasteiger partial charge in [-0.25, -0.2) is 0 Å². The minimum atomic E-state index is -0.613. The Hall–Kier alpha value is -3.07. The van der Waals surface area contributed by atoms with Crippen LogP contribution in [0.15, 0.2) is 53.4 Å². The van der Waals surface area contributed by atoms with Gasteiger partial charge in [-0.3, -0.25) is 19.7 Å². The number of carbonyl (C=O) groups is 2. The fourth-order valence-corrected chi connectivity index (χ4v) is 2.93. The lowest BCUT2D eigenvalue weighted by atomic mass is 10.2. The van der Waals surface area contributed by atoms with Gasteiger partial charge in [0.2, 0.25) is 0 Å². The lowest BCUT2D eigenvalue weighted by molar-refractivity contribution is -0.384. The number of ether oxygens (including phenoxy) is 2. The topological polar surface area (TPSA) is 108 Å². The number of amides is 1. The molecule has 0 heterocycles. The molecule has 0 aliphatic rings. The molecule has 0 atom stereocenters. The van der Waals surface area contributed by atoms with Gasteiger partial charge in [0.05, 0.1) is 24.1 Å². The summed E-state index contributed by atoms with van der Waals surface area (Å²) in [7, 11) is 1.38. The first-order valence-corrected chi connectivity index (χ1v) is 8.94. The van der Waals surface area contributed by atoms with Gasteiger partial charge in [-0.15, -0.1) is 11.8 Å². The van der Waals surface area contributed by atoms with E-state index in [0.717, 1.165) is 4.90 Å². The predicted octanol–water partition coefficient (Wildman–Crippen LogP) is 3.27. The van der Waals surface area contributed by atoms with Crippen LogP contribution < -0.4 is 10.1 Å². The Balaban J connectivity index is 1.79. The summed E-state index contributed by atoms with van der Waals surface area (Å²) in [4.78, 5) is 35.0. The number of nitro benzene ring substituents is 1. The average Bonchev–Trinajstić information content (AvgIpc) is 2.67. The maximum Gasteiger partial charge on any atom is 0.307 e. The zero-order valence-corrected chi connectivity index (χ0v) is 15.4. The molecule has 142 valence electrons. The number of benzene rings is 2. The van der Waals surface area contributed by atoms with Crippen molar-refractivity contribution in [3.05, 3.63) is 58.6 Å². The summed E-state index contributed by atoms with van der Waals surface area (Å²) in [5, 5.41) is 13.3. The Morgan fingerprint density at radius 1 is 1.19 bits per heavy atom. The minimum absolute atomic E-state index is 0.132. The second-order valence-corrected chi connectivity index (χ2v) is 6.43. The quantitative estimate of drug-likeness (QED) is 0.303. The smallest absolute Gasteiger partial charge is 0.307 e. The van der Waals surface area contributed by atoms with Crippen molar-refractivity contribution in [2.45, 2.75) is 11.3 Å². The molecular formula is C18H18N2O6S. The minimum Gasteiger partial charge on any atom is -0.495 e. The van der Waals surface area contributed by atoms with Crippen LogP contribution in [0.4, 0.5) is 11.4 Å². The Labute approximate surface area is 160 Å². The molecule has 27 heavy (non-hydrogen) atoms. The third-order valence-corrected chi connectivity index (χ3v) is 4.36. The highest BCUT2D eigenvalue weighted by Crippen LogP contribution is 2.28. The third kappa shape index (κ3) is 6.63. The largest absolute Gasteiger partial charge is 0.495 e. The number of thioether (sulfide) groups is 1. The molecule has 2 rings (SSSR count). The number of anilines is 1. The van der Waals surface area contributed by atoms with Crippen molar-refractivity contribution in [1.29, 1.82) is 0 Å². The Kier molecular flexibility index (Phi) is 7.63. The monoisotopic (exact) mass is 390 g/mol. The summed E-state index contributed by atoms with van der Waals surface area (Å²) in [6, 6.07) is 13.4. The molecule has 0 saturated carbocycles. The highest BCUT2D eigenvalue weighted by Gasteiger charge is 2.15. The second-order valence-electron chi connectivity index (χ2n) is 5.26. The number of non-ortho nitro benzene ring substituents is 1. The van der Waals surface area contributed by atoms with Crippen LogP contribution in [0.2, 0.25) is 0 Å². The number of nitro groups is 1. The van der Waals surface area contributed by atoms with Crippen molar-refractivity contribution in [1.82, 2.24) is 0 Å². The molecule has 1 amide bonds. The highest BCUT2D eigenvalue weighted by atomic mass is 32.2. The normalized spacial score (nSPS) is 10.1. The maximum absolute atomic E-state index is 11.9. The lowest BCUT2D eigenvalue weighted by Gasteiger charge is -2.10. The third-order valence-electron chi connectivity index (χ3n) is 3.35. The van der Waals surface area contributed by atoms with Crippen LogP contribution in [0.1, 0.15) is 6.42 Å². The molecule has 0 fully saturated rings. The Morgan fingerprint density at radius 2 is 1.93 bits per heavy atom. The van der Waals surface area contributed by atoms with Crippen molar-refractivity contribution in [3.8, 4) is 5.75 Å². The summed E-state index contributed by atoms with van der Waals surface area (Å²) in [6.07, 6.45) is 0.160. The molecule has 0 saturated heterocycles. The standard InChI is InChI=1S/C18H18N2O6S/c1-25-16-8-7-13(20(23)24)11-15(16)19-17(21)12-26-18(22)9-10-27-14-5-3-2-4-6-14/h2-8,11H,9-10,12H2,1H3,(H,19,21). The number of rotatable bonds is 9.